The van der Waals surface area contributed by atoms with Gasteiger partial charge in [-0.2, -0.15) is 4.31 Å². The molecule has 0 heterocycles. The van der Waals surface area contributed by atoms with Crippen LogP contribution < -0.4 is 5.32 Å². The van der Waals surface area contributed by atoms with Crippen molar-refractivity contribution in [2.75, 3.05) is 12.8 Å². The van der Waals surface area contributed by atoms with Gasteiger partial charge < -0.3 is 5.32 Å². The Balaban J connectivity index is 2.00. The van der Waals surface area contributed by atoms with Crippen molar-refractivity contribution >= 4 is 15.9 Å². The van der Waals surface area contributed by atoms with Gasteiger partial charge in [0.2, 0.25) is 15.9 Å². The lowest BCUT2D eigenvalue weighted by Gasteiger charge is -2.20. The molecule has 0 aliphatic rings. The van der Waals surface area contributed by atoms with Gasteiger partial charge in [0.25, 0.3) is 0 Å². The van der Waals surface area contributed by atoms with Crippen LogP contribution in [0.1, 0.15) is 22.3 Å². The second-order valence-corrected chi connectivity index (χ2v) is 8.20. The molecule has 0 spiro atoms. The normalized spacial score (nSPS) is 11.5. The van der Waals surface area contributed by atoms with Gasteiger partial charge in [0.1, 0.15) is 0 Å². The molecule has 0 aromatic heterocycles. The summed E-state index contributed by atoms with van der Waals surface area (Å²) < 4.78 is 25.3. The fraction of sp³-hybridized carbons (Fsp3) is 0.316. The lowest BCUT2D eigenvalue weighted by Crippen LogP contribution is -2.39. The van der Waals surface area contributed by atoms with E-state index in [1.807, 2.05) is 62.4 Å². The van der Waals surface area contributed by atoms with Crippen molar-refractivity contribution in [2.24, 2.45) is 0 Å². The Morgan fingerprint density at radius 2 is 1.68 bits per heavy atom. The Morgan fingerprint density at radius 3 is 2.28 bits per heavy atom. The second kappa shape index (κ2) is 8.27. The lowest BCUT2D eigenvalue weighted by molar-refractivity contribution is -0.121. The molecule has 2 rings (SSSR count). The van der Waals surface area contributed by atoms with Gasteiger partial charge >= 0.3 is 0 Å². The first-order chi connectivity index (χ1) is 11.8. The second-order valence-electron chi connectivity index (χ2n) is 6.22. The molecule has 0 aliphatic carbocycles. The summed E-state index contributed by atoms with van der Waals surface area (Å²) in [7, 11) is -3.49. The van der Waals surface area contributed by atoms with Gasteiger partial charge in [-0.3, -0.25) is 4.79 Å². The molecule has 6 heteroatoms. The number of hydrogen-bond donors (Lipinski definition) is 1. The van der Waals surface area contributed by atoms with E-state index in [0.717, 1.165) is 28.5 Å². The summed E-state index contributed by atoms with van der Waals surface area (Å²) in [5.74, 6) is -0.320. The smallest absolute Gasteiger partial charge is 0.235 e. The highest BCUT2D eigenvalue weighted by molar-refractivity contribution is 7.88. The van der Waals surface area contributed by atoms with Crippen LogP contribution in [0.4, 0.5) is 0 Å². The van der Waals surface area contributed by atoms with Crippen molar-refractivity contribution in [2.45, 2.75) is 26.9 Å². The molecule has 2 aromatic rings. The zero-order valence-electron chi connectivity index (χ0n) is 14.8. The van der Waals surface area contributed by atoms with Crippen LogP contribution in [-0.2, 0) is 27.9 Å². The van der Waals surface area contributed by atoms with E-state index >= 15 is 0 Å². The number of sulfonamides is 1. The van der Waals surface area contributed by atoms with Crippen LogP contribution in [0.2, 0.25) is 0 Å². The van der Waals surface area contributed by atoms with E-state index in [9.17, 15) is 13.2 Å². The number of nitrogens with one attached hydrogen (secondary N) is 1. The van der Waals surface area contributed by atoms with E-state index in [-0.39, 0.29) is 19.0 Å². The predicted octanol–water partition coefficient (Wildman–Crippen LogP) is 2.38. The van der Waals surface area contributed by atoms with Crippen LogP contribution in [0.3, 0.4) is 0 Å². The SMILES string of the molecule is Cc1ccc(CNC(=O)CN(Cc2ccccc2C)S(C)(=O)=O)cc1. The van der Waals surface area contributed by atoms with Gasteiger partial charge in [0.05, 0.1) is 12.8 Å². The van der Waals surface area contributed by atoms with Crippen LogP contribution in [0.5, 0.6) is 0 Å². The molecule has 0 saturated carbocycles. The number of amides is 1. The molecule has 0 saturated heterocycles. The maximum Gasteiger partial charge on any atom is 0.235 e. The summed E-state index contributed by atoms with van der Waals surface area (Å²) >= 11 is 0. The average Bonchev–Trinajstić information content (AvgIpc) is 2.55. The first kappa shape index (κ1) is 19.1. The van der Waals surface area contributed by atoms with E-state index in [1.165, 1.54) is 4.31 Å². The lowest BCUT2D eigenvalue weighted by atomic mass is 10.1. The molecule has 0 unspecified atom stereocenters. The summed E-state index contributed by atoms with van der Waals surface area (Å²) in [4.78, 5) is 12.2. The van der Waals surface area contributed by atoms with Crippen molar-refractivity contribution in [3.05, 3.63) is 70.8 Å². The van der Waals surface area contributed by atoms with Crippen LogP contribution in [0.15, 0.2) is 48.5 Å². The average molecular weight is 360 g/mol. The standard InChI is InChI=1S/C19H24N2O3S/c1-15-8-10-17(11-9-15)12-20-19(22)14-21(25(3,23)24)13-18-7-5-4-6-16(18)2/h4-11H,12-14H2,1-3H3,(H,20,22). The largest absolute Gasteiger partial charge is 0.351 e. The minimum Gasteiger partial charge on any atom is -0.351 e. The van der Waals surface area contributed by atoms with Crippen molar-refractivity contribution < 1.29 is 13.2 Å². The molecule has 25 heavy (non-hydrogen) atoms. The van der Waals surface area contributed by atoms with E-state index in [4.69, 9.17) is 0 Å². The molecular formula is C19H24N2O3S. The highest BCUT2D eigenvalue weighted by Gasteiger charge is 2.21. The number of carbonyl (C=O) groups excluding carboxylic acids is 1. The van der Waals surface area contributed by atoms with Gasteiger partial charge in [-0.15, -0.1) is 0 Å². The highest BCUT2D eigenvalue weighted by atomic mass is 32.2. The third kappa shape index (κ3) is 5.99. The van der Waals surface area contributed by atoms with Gasteiger partial charge in [-0.25, -0.2) is 8.42 Å². The Bertz CT molecular complexity index is 830. The maximum absolute atomic E-state index is 12.2. The van der Waals surface area contributed by atoms with Crippen LogP contribution >= 0.6 is 0 Å². The summed E-state index contributed by atoms with van der Waals surface area (Å²) in [6.45, 7) is 4.29. The third-order valence-corrected chi connectivity index (χ3v) is 5.20. The van der Waals surface area contributed by atoms with Gasteiger partial charge in [0.15, 0.2) is 0 Å². The monoisotopic (exact) mass is 360 g/mol. The van der Waals surface area contributed by atoms with E-state index in [2.05, 4.69) is 5.32 Å². The fourth-order valence-corrected chi connectivity index (χ4v) is 3.12. The van der Waals surface area contributed by atoms with Crippen LogP contribution in [0, 0.1) is 13.8 Å². The number of carbonyl (C=O) groups is 1. The summed E-state index contributed by atoms with van der Waals surface area (Å²) in [6.07, 6.45) is 1.12. The van der Waals surface area contributed by atoms with E-state index in [1.54, 1.807) is 0 Å². The number of aryl methyl sites for hydroxylation is 2. The molecule has 2 aromatic carbocycles. The number of nitrogens with zero attached hydrogens (tertiary/aromatic N) is 1. The summed E-state index contributed by atoms with van der Waals surface area (Å²) in [6, 6.07) is 15.4. The quantitative estimate of drug-likeness (QED) is 0.824. The topological polar surface area (TPSA) is 66.5 Å². The summed E-state index contributed by atoms with van der Waals surface area (Å²) in [5.41, 5.74) is 4.01. The Hall–Kier alpha value is -2.18. The molecule has 0 fully saturated rings. The van der Waals surface area contributed by atoms with E-state index < -0.39 is 10.0 Å². The Morgan fingerprint density at radius 1 is 1.04 bits per heavy atom. The van der Waals surface area contributed by atoms with Gasteiger partial charge in [0, 0.05) is 13.1 Å². The van der Waals surface area contributed by atoms with Gasteiger partial charge in [-0.05, 0) is 30.5 Å². The fourth-order valence-electron chi connectivity index (χ4n) is 2.39. The first-order valence-electron chi connectivity index (χ1n) is 8.07. The number of rotatable bonds is 7. The molecule has 1 N–H and O–H groups in total. The molecule has 0 aliphatic heterocycles. The maximum atomic E-state index is 12.2. The zero-order valence-corrected chi connectivity index (χ0v) is 15.6. The van der Waals surface area contributed by atoms with Crippen LogP contribution in [-0.4, -0.2) is 31.4 Å². The van der Waals surface area contributed by atoms with Crippen molar-refractivity contribution in [3.8, 4) is 0 Å². The number of hydrogen-bond acceptors (Lipinski definition) is 3. The van der Waals surface area contributed by atoms with E-state index in [0.29, 0.717) is 6.54 Å². The van der Waals surface area contributed by atoms with Crippen molar-refractivity contribution in [3.63, 3.8) is 0 Å². The highest BCUT2D eigenvalue weighted by Crippen LogP contribution is 2.12. The van der Waals surface area contributed by atoms with Crippen molar-refractivity contribution in [1.29, 1.82) is 0 Å². The minimum absolute atomic E-state index is 0.184. The predicted molar refractivity (Wildman–Crippen MR) is 99.5 cm³/mol. The number of benzene rings is 2. The molecule has 5 nitrogen and oxygen atoms in total. The zero-order chi connectivity index (χ0) is 18.4. The molecule has 0 radical (unpaired) electrons. The Labute approximate surface area is 149 Å². The minimum atomic E-state index is -3.49. The first-order valence-corrected chi connectivity index (χ1v) is 9.92. The molecule has 0 atom stereocenters. The van der Waals surface area contributed by atoms with Crippen molar-refractivity contribution in [1.82, 2.24) is 9.62 Å². The molecular weight excluding hydrogens is 336 g/mol. The Kier molecular flexibility index (Phi) is 6.33. The molecule has 1 amide bonds. The summed E-state index contributed by atoms with van der Waals surface area (Å²) in [5, 5.41) is 2.78. The third-order valence-electron chi connectivity index (χ3n) is 4.01. The van der Waals surface area contributed by atoms with Gasteiger partial charge in [-0.1, -0.05) is 54.1 Å². The molecule has 0 bridgehead atoms. The molecule has 134 valence electrons. The van der Waals surface area contributed by atoms with Crippen LogP contribution in [0.25, 0.3) is 0 Å².